The van der Waals surface area contributed by atoms with Gasteiger partial charge in [-0.2, -0.15) is 0 Å². The fourth-order valence-electron chi connectivity index (χ4n) is 2.44. The topological polar surface area (TPSA) is 50.4 Å². The van der Waals surface area contributed by atoms with E-state index in [-0.39, 0.29) is 11.7 Å². The predicted octanol–water partition coefficient (Wildman–Crippen LogP) is 5.46. The normalized spacial score (nSPS) is 13.8. The fourth-order valence-corrected chi connectivity index (χ4v) is 2.71. The minimum Gasteiger partial charge on any atom is -0.406 e. The Bertz CT molecular complexity index is 817. The first-order valence-electron chi connectivity index (χ1n) is 8.73. The summed E-state index contributed by atoms with van der Waals surface area (Å²) in [5.74, 6) is -0.301. The van der Waals surface area contributed by atoms with E-state index in [1.54, 1.807) is 30.3 Å². The molecular weight excluding hydrogens is 425 g/mol. The monoisotopic (exact) mass is 444 g/mol. The lowest BCUT2D eigenvalue weighted by molar-refractivity contribution is -0.274. The first kappa shape index (κ1) is 23.1. The van der Waals surface area contributed by atoms with Crippen molar-refractivity contribution in [2.45, 2.75) is 24.1 Å². The Kier molecular flexibility index (Phi) is 8.88. The number of anilines is 1. The highest BCUT2D eigenvalue weighted by molar-refractivity contribution is 7.80. The van der Waals surface area contributed by atoms with Crippen LogP contribution in [0, 0.1) is 0 Å². The molecule has 4 nitrogen and oxygen atoms in total. The Hall–Kier alpha value is -2.16. The summed E-state index contributed by atoms with van der Waals surface area (Å²) in [4.78, 5) is 12.3. The number of thiol groups is 1. The molecule has 0 bridgehead atoms. The van der Waals surface area contributed by atoms with Gasteiger partial charge >= 0.3 is 6.36 Å². The van der Waals surface area contributed by atoms with Gasteiger partial charge in [0.05, 0.1) is 0 Å². The van der Waals surface area contributed by atoms with Gasteiger partial charge in [0.1, 0.15) is 5.75 Å². The van der Waals surface area contributed by atoms with Crippen molar-refractivity contribution in [3.05, 3.63) is 65.2 Å². The number of amides is 1. The van der Waals surface area contributed by atoms with Gasteiger partial charge in [-0.3, -0.25) is 4.79 Å². The molecule has 0 aromatic heterocycles. The summed E-state index contributed by atoms with van der Waals surface area (Å²) >= 11 is 9.68. The Morgan fingerprint density at radius 2 is 1.66 bits per heavy atom. The number of carbonyl (C=O) groups excluding carboxylic acids is 1. The highest BCUT2D eigenvalue weighted by Gasteiger charge is 2.30. The fraction of sp³-hybridized carbons (Fsp3) is 0.250. The molecule has 0 atom stereocenters. The van der Waals surface area contributed by atoms with E-state index in [4.69, 9.17) is 11.6 Å². The van der Waals surface area contributed by atoms with Crippen molar-refractivity contribution in [3.63, 3.8) is 0 Å². The van der Waals surface area contributed by atoms with Crippen LogP contribution < -0.4 is 15.4 Å². The summed E-state index contributed by atoms with van der Waals surface area (Å²) in [6.07, 6.45) is -1.02. The third-order valence-corrected chi connectivity index (χ3v) is 4.31. The lowest BCUT2D eigenvalue weighted by atomic mass is 10.1. The Balaban J connectivity index is 0.000000221. The highest BCUT2D eigenvalue weighted by Crippen LogP contribution is 2.23. The molecule has 0 saturated carbocycles. The van der Waals surface area contributed by atoms with E-state index >= 15 is 0 Å². The number of piperidine rings is 1. The SMILES string of the molecule is FC(F)(F)Oc1ccc(S)cc1.O=C(C=C1CCNCC1)Nc1ccc(Cl)cc1. The molecule has 2 aromatic carbocycles. The minimum absolute atomic E-state index is 0.0655. The third kappa shape index (κ3) is 9.74. The standard InChI is InChI=1S/C13H15ClN2O.C7H5F3OS/c14-11-1-3-12(4-2-11)16-13(17)9-10-5-7-15-8-6-10;8-7(9,10)11-5-1-3-6(12)4-2-5/h1-4,9,15H,5-8H2,(H,16,17);1-4,12H. The molecule has 2 N–H and O–H groups in total. The van der Waals surface area contributed by atoms with E-state index in [0.29, 0.717) is 9.92 Å². The Labute approximate surface area is 177 Å². The number of rotatable bonds is 3. The van der Waals surface area contributed by atoms with Crippen LogP contribution in [0.4, 0.5) is 18.9 Å². The number of hydrogen-bond donors (Lipinski definition) is 3. The van der Waals surface area contributed by atoms with Gasteiger partial charge in [-0.15, -0.1) is 25.8 Å². The quantitative estimate of drug-likeness (QED) is 0.435. The number of ether oxygens (including phenoxy) is 1. The van der Waals surface area contributed by atoms with E-state index in [2.05, 4.69) is 28.0 Å². The maximum Gasteiger partial charge on any atom is 0.573 e. The highest BCUT2D eigenvalue weighted by atomic mass is 35.5. The minimum atomic E-state index is -4.63. The molecule has 2 aromatic rings. The molecule has 29 heavy (non-hydrogen) atoms. The summed E-state index contributed by atoms with van der Waals surface area (Å²) in [6, 6.07) is 12.4. The number of alkyl halides is 3. The van der Waals surface area contributed by atoms with Gasteiger partial charge in [0, 0.05) is 21.7 Å². The average molecular weight is 445 g/mol. The van der Waals surface area contributed by atoms with E-state index in [9.17, 15) is 18.0 Å². The van der Waals surface area contributed by atoms with Crippen LogP contribution in [0.15, 0.2) is 65.1 Å². The zero-order valence-electron chi connectivity index (χ0n) is 15.3. The van der Waals surface area contributed by atoms with E-state index in [1.807, 2.05) is 0 Å². The molecule has 1 heterocycles. The second-order valence-corrected chi connectivity index (χ2v) is 7.04. The first-order valence-corrected chi connectivity index (χ1v) is 9.55. The molecule has 1 aliphatic rings. The van der Waals surface area contributed by atoms with Gasteiger partial charge in [-0.1, -0.05) is 17.2 Å². The van der Waals surface area contributed by atoms with Crippen LogP contribution in [0.2, 0.25) is 5.02 Å². The molecule has 3 rings (SSSR count). The Morgan fingerprint density at radius 1 is 1.07 bits per heavy atom. The largest absolute Gasteiger partial charge is 0.573 e. The molecule has 1 saturated heterocycles. The summed E-state index contributed by atoms with van der Waals surface area (Å²) < 4.78 is 38.4. The van der Waals surface area contributed by atoms with Crippen LogP contribution in [0.1, 0.15) is 12.8 Å². The molecule has 1 fully saturated rings. The molecule has 1 aliphatic heterocycles. The van der Waals surface area contributed by atoms with Crippen LogP contribution in [-0.2, 0) is 4.79 Å². The number of nitrogens with one attached hydrogen (secondary N) is 2. The number of benzene rings is 2. The van der Waals surface area contributed by atoms with Crippen LogP contribution in [0.3, 0.4) is 0 Å². The first-order chi connectivity index (χ1) is 13.7. The average Bonchev–Trinajstić information content (AvgIpc) is 2.66. The van der Waals surface area contributed by atoms with E-state index in [1.165, 1.54) is 29.8 Å². The third-order valence-electron chi connectivity index (χ3n) is 3.76. The van der Waals surface area contributed by atoms with Crippen molar-refractivity contribution in [2.75, 3.05) is 18.4 Å². The van der Waals surface area contributed by atoms with Crippen LogP contribution in [-0.4, -0.2) is 25.4 Å². The molecule has 0 radical (unpaired) electrons. The van der Waals surface area contributed by atoms with Crippen molar-refractivity contribution in [1.82, 2.24) is 5.32 Å². The molecule has 0 unspecified atom stereocenters. The van der Waals surface area contributed by atoms with Crippen molar-refractivity contribution in [1.29, 1.82) is 0 Å². The van der Waals surface area contributed by atoms with Crippen LogP contribution >= 0.6 is 24.2 Å². The summed E-state index contributed by atoms with van der Waals surface area (Å²) in [6.45, 7) is 1.92. The molecule has 9 heteroatoms. The van der Waals surface area contributed by atoms with Crippen molar-refractivity contribution in [2.24, 2.45) is 0 Å². The molecule has 0 spiro atoms. The Morgan fingerprint density at radius 3 is 2.21 bits per heavy atom. The van der Waals surface area contributed by atoms with E-state index < -0.39 is 6.36 Å². The van der Waals surface area contributed by atoms with Gasteiger partial charge in [-0.05, 0) is 74.5 Å². The maximum atomic E-state index is 11.7. The summed E-state index contributed by atoms with van der Waals surface area (Å²) in [7, 11) is 0. The van der Waals surface area contributed by atoms with Gasteiger partial charge < -0.3 is 15.4 Å². The second kappa shape index (κ2) is 11.1. The number of hydrogen-bond acceptors (Lipinski definition) is 4. The smallest absolute Gasteiger partial charge is 0.406 e. The van der Waals surface area contributed by atoms with Crippen molar-refractivity contribution in [3.8, 4) is 5.75 Å². The predicted molar refractivity (Wildman–Crippen MR) is 111 cm³/mol. The maximum absolute atomic E-state index is 11.7. The molecule has 1 amide bonds. The number of carbonyl (C=O) groups is 1. The summed E-state index contributed by atoms with van der Waals surface area (Å²) in [5, 5.41) is 6.75. The lowest BCUT2D eigenvalue weighted by Gasteiger charge is -2.14. The lowest BCUT2D eigenvalue weighted by Crippen LogP contribution is -2.24. The zero-order valence-corrected chi connectivity index (χ0v) is 17.0. The van der Waals surface area contributed by atoms with Crippen LogP contribution in [0.25, 0.3) is 0 Å². The van der Waals surface area contributed by atoms with Gasteiger partial charge in [-0.25, -0.2) is 0 Å². The number of halogens is 4. The summed E-state index contributed by atoms with van der Waals surface area (Å²) in [5.41, 5.74) is 1.97. The zero-order chi connectivity index (χ0) is 21.3. The van der Waals surface area contributed by atoms with Gasteiger partial charge in [0.15, 0.2) is 0 Å². The second-order valence-electron chi connectivity index (χ2n) is 6.09. The molecular formula is C20H20ClF3N2O2S. The molecule has 156 valence electrons. The van der Waals surface area contributed by atoms with Crippen molar-refractivity contribution >= 4 is 35.8 Å². The van der Waals surface area contributed by atoms with Crippen LogP contribution in [0.5, 0.6) is 5.75 Å². The molecule has 0 aliphatic carbocycles. The van der Waals surface area contributed by atoms with Crippen molar-refractivity contribution < 1.29 is 22.7 Å². The van der Waals surface area contributed by atoms with Gasteiger partial charge in [0.25, 0.3) is 0 Å². The van der Waals surface area contributed by atoms with E-state index in [0.717, 1.165) is 31.6 Å². The van der Waals surface area contributed by atoms with Gasteiger partial charge in [0.2, 0.25) is 5.91 Å².